The summed E-state index contributed by atoms with van der Waals surface area (Å²) in [6.45, 7) is 2.22. The first-order valence-electron chi connectivity index (χ1n) is 5.27. The van der Waals surface area contributed by atoms with E-state index >= 15 is 0 Å². The van der Waals surface area contributed by atoms with E-state index in [2.05, 4.69) is 13.0 Å². The molecule has 0 aromatic carbocycles. The molecule has 0 saturated carbocycles. The molecule has 1 unspecified atom stereocenters. The number of methoxy groups -OCH3 is 1. The van der Waals surface area contributed by atoms with Crippen LogP contribution in [-0.2, 0) is 4.74 Å². The first-order valence-corrected chi connectivity index (χ1v) is 5.27. The Morgan fingerprint density at radius 2 is 1.77 bits per heavy atom. The highest BCUT2D eigenvalue weighted by Gasteiger charge is 2.03. The Bertz CT molecular complexity index is 140. The van der Waals surface area contributed by atoms with Gasteiger partial charge in [-0.05, 0) is 12.8 Å². The van der Waals surface area contributed by atoms with Crippen LogP contribution in [-0.4, -0.2) is 13.2 Å². The number of unbranched alkanes of at least 4 members (excludes halogenated alkanes) is 5. The number of nitrogens with zero attached hydrogens (tertiary/aromatic N) is 1. The van der Waals surface area contributed by atoms with E-state index in [9.17, 15) is 0 Å². The van der Waals surface area contributed by atoms with Crippen molar-refractivity contribution in [2.45, 2.75) is 58.0 Å². The van der Waals surface area contributed by atoms with Crippen LogP contribution in [0.5, 0.6) is 0 Å². The maximum Gasteiger partial charge on any atom is 0.143 e. The Labute approximate surface area is 81.9 Å². The molecular weight excluding hydrogens is 162 g/mol. The molecule has 76 valence electrons. The van der Waals surface area contributed by atoms with E-state index in [1.54, 1.807) is 7.11 Å². The summed E-state index contributed by atoms with van der Waals surface area (Å²) in [4.78, 5) is 0. The van der Waals surface area contributed by atoms with Crippen molar-refractivity contribution in [3.05, 3.63) is 0 Å². The third kappa shape index (κ3) is 7.80. The molecule has 0 fully saturated rings. The van der Waals surface area contributed by atoms with E-state index in [1.807, 2.05) is 0 Å². The zero-order valence-corrected chi connectivity index (χ0v) is 8.88. The second kappa shape index (κ2) is 9.54. The smallest absolute Gasteiger partial charge is 0.143 e. The lowest BCUT2D eigenvalue weighted by Gasteiger charge is -2.05. The first-order chi connectivity index (χ1) is 6.35. The average Bonchev–Trinajstić information content (AvgIpc) is 2.17. The Kier molecular flexibility index (Phi) is 9.13. The summed E-state index contributed by atoms with van der Waals surface area (Å²) in [5.41, 5.74) is 0. The molecule has 0 amide bonds. The largest absolute Gasteiger partial charge is 0.367 e. The molecule has 13 heavy (non-hydrogen) atoms. The van der Waals surface area contributed by atoms with Gasteiger partial charge in [-0.2, -0.15) is 5.26 Å². The highest BCUT2D eigenvalue weighted by Crippen LogP contribution is 2.09. The van der Waals surface area contributed by atoms with Crippen molar-refractivity contribution in [1.29, 1.82) is 5.26 Å². The van der Waals surface area contributed by atoms with Gasteiger partial charge in [-0.25, -0.2) is 0 Å². The second-order valence-corrected chi connectivity index (χ2v) is 3.41. The number of hydrogen-bond donors (Lipinski definition) is 0. The van der Waals surface area contributed by atoms with Gasteiger partial charge in [0.15, 0.2) is 0 Å². The van der Waals surface area contributed by atoms with Crippen molar-refractivity contribution in [2.75, 3.05) is 7.11 Å². The van der Waals surface area contributed by atoms with Gasteiger partial charge < -0.3 is 4.74 Å². The highest BCUT2D eigenvalue weighted by atomic mass is 16.5. The zero-order chi connectivity index (χ0) is 9.94. The van der Waals surface area contributed by atoms with Gasteiger partial charge in [0.25, 0.3) is 0 Å². The summed E-state index contributed by atoms with van der Waals surface area (Å²) in [5.74, 6) is 0. The standard InChI is InChI=1S/C11H21NO/c1-3-4-5-6-7-8-9-11(10-12)13-2/h11H,3-9H2,1-2H3. The minimum Gasteiger partial charge on any atom is -0.367 e. The van der Waals surface area contributed by atoms with Gasteiger partial charge in [0, 0.05) is 7.11 Å². The molecule has 0 aliphatic carbocycles. The lowest BCUT2D eigenvalue weighted by molar-refractivity contribution is 0.136. The van der Waals surface area contributed by atoms with E-state index < -0.39 is 0 Å². The van der Waals surface area contributed by atoms with Crippen LogP contribution in [0.15, 0.2) is 0 Å². The van der Waals surface area contributed by atoms with E-state index in [0.29, 0.717) is 0 Å². The predicted molar refractivity (Wildman–Crippen MR) is 54.4 cm³/mol. The van der Waals surface area contributed by atoms with Crippen LogP contribution < -0.4 is 0 Å². The molecule has 0 aromatic rings. The molecule has 1 atom stereocenters. The lowest BCUT2D eigenvalue weighted by Crippen LogP contribution is -2.06. The molecule has 0 heterocycles. The zero-order valence-electron chi connectivity index (χ0n) is 8.88. The fourth-order valence-corrected chi connectivity index (χ4v) is 1.35. The van der Waals surface area contributed by atoms with Crippen LogP contribution in [0, 0.1) is 11.3 Å². The summed E-state index contributed by atoms with van der Waals surface area (Å²) in [5, 5.41) is 8.59. The minimum atomic E-state index is -0.189. The third-order valence-corrected chi connectivity index (χ3v) is 2.25. The van der Waals surface area contributed by atoms with Gasteiger partial charge in [0.05, 0.1) is 6.07 Å². The molecule has 0 aromatic heterocycles. The quantitative estimate of drug-likeness (QED) is 0.541. The molecule has 0 aliphatic heterocycles. The molecule has 0 bridgehead atoms. The highest BCUT2D eigenvalue weighted by molar-refractivity contribution is 4.82. The van der Waals surface area contributed by atoms with Gasteiger partial charge >= 0.3 is 0 Å². The lowest BCUT2D eigenvalue weighted by atomic mass is 10.1. The topological polar surface area (TPSA) is 33.0 Å². The maximum atomic E-state index is 8.59. The molecular formula is C11H21NO. The fourth-order valence-electron chi connectivity index (χ4n) is 1.35. The molecule has 0 N–H and O–H groups in total. The van der Waals surface area contributed by atoms with Gasteiger partial charge in [0.2, 0.25) is 0 Å². The first kappa shape index (κ1) is 12.4. The molecule has 0 rings (SSSR count). The minimum absolute atomic E-state index is 0.189. The van der Waals surface area contributed by atoms with E-state index in [1.165, 1.54) is 32.1 Å². The summed E-state index contributed by atoms with van der Waals surface area (Å²) in [6.07, 6.45) is 8.32. The van der Waals surface area contributed by atoms with Crippen LogP contribution in [0.2, 0.25) is 0 Å². The Hall–Kier alpha value is -0.550. The van der Waals surface area contributed by atoms with Crippen molar-refractivity contribution in [2.24, 2.45) is 0 Å². The van der Waals surface area contributed by atoms with E-state index in [0.717, 1.165) is 12.8 Å². The normalized spacial score (nSPS) is 12.4. The van der Waals surface area contributed by atoms with Crippen LogP contribution in [0.25, 0.3) is 0 Å². The molecule has 0 radical (unpaired) electrons. The molecule has 0 spiro atoms. The third-order valence-electron chi connectivity index (χ3n) is 2.25. The van der Waals surface area contributed by atoms with Crippen LogP contribution >= 0.6 is 0 Å². The molecule has 0 aliphatic rings. The predicted octanol–water partition coefficient (Wildman–Crippen LogP) is 3.28. The van der Waals surface area contributed by atoms with Crippen molar-refractivity contribution in [1.82, 2.24) is 0 Å². The van der Waals surface area contributed by atoms with Gasteiger partial charge in [-0.3, -0.25) is 0 Å². The van der Waals surface area contributed by atoms with E-state index in [-0.39, 0.29) is 6.10 Å². The van der Waals surface area contributed by atoms with Gasteiger partial charge in [-0.1, -0.05) is 39.0 Å². The van der Waals surface area contributed by atoms with Crippen molar-refractivity contribution in [3.8, 4) is 6.07 Å². The molecule has 0 saturated heterocycles. The van der Waals surface area contributed by atoms with Crippen molar-refractivity contribution in [3.63, 3.8) is 0 Å². The second-order valence-electron chi connectivity index (χ2n) is 3.41. The fraction of sp³-hybridized carbons (Fsp3) is 0.909. The number of nitriles is 1. The van der Waals surface area contributed by atoms with Crippen LogP contribution in [0.4, 0.5) is 0 Å². The number of hydrogen-bond acceptors (Lipinski definition) is 2. The summed E-state index contributed by atoms with van der Waals surface area (Å²) in [7, 11) is 1.60. The van der Waals surface area contributed by atoms with Crippen molar-refractivity contribution >= 4 is 0 Å². The van der Waals surface area contributed by atoms with Crippen LogP contribution in [0.3, 0.4) is 0 Å². The summed E-state index contributed by atoms with van der Waals surface area (Å²) < 4.78 is 4.97. The number of ether oxygens (including phenoxy) is 1. The van der Waals surface area contributed by atoms with Gasteiger partial charge in [0.1, 0.15) is 6.10 Å². The van der Waals surface area contributed by atoms with Crippen LogP contribution in [0.1, 0.15) is 51.9 Å². The summed E-state index contributed by atoms with van der Waals surface area (Å²) >= 11 is 0. The Balaban J connectivity index is 3.11. The monoisotopic (exact) mass is 183 g/mol. The maximum absolute atomic E-state index is 8.59. The molecule has 2 nitrogen and oxygen atoms in total. The van der Waals surface area contributed by atoms with Crippen molar-refractivity contribution < 1.29 is 4.74 Å². The average molecular weight is 183 g/mol. The summed E-state index contributed by atoms with van der Waals surface area (Å²) in [6, 6.07) is 2.13. The number of rotatable bonds is 8. The van der Waals surface area contributed by atoms with E-state index in [4.69, 9.17) is 10.00 Å². The Morgan fingerprint density at radius 1 is 1.15 bits per heavy atom. The SMILES string of the molecule is CCCCCCCCC(C#N)OC. The van der Waals surface area contributed by atoms with Gasteiger partial charge in [-0.15, -0.1) is 0 Å². The Morgan fingerprint density at radius 3 is 2.31 bits per heavy atom. The molecule has 2 heteroatoms.